The average molecular weight is 388 g/mol. The molecule has 0 fully saturated rings. The number of fused-ring (bicyclic) bond motifs is 1. The lowest BCUT2D eigenvalue weighted by Gasteiger charge is -2.20. The normalized spacial score (nSPS) is 15.4. The van der Waals surface area contributed by atoms with Gasteiger partial charge in [-0.1, -0.05) is 18.2 Å². The highest BCUT2D eigenvalue weighted by Crippen LogP contribution is 2.38. The quantitative estimate of drug-likeness (QED) is 0.637. The number of para-hydroxylation sites is 2. The summed E-state index contributed by atoms with van der Waals surface area (Å²) >= 11 is 0. The Morgan fingerprint density at radius 3 is 2.31 bits per heavy atom. The van der Waals surface area contributed by atoms with Crippen LogP contribution in [0.25, 0.3) is 0 Å². The number of nitrogens with one attached hydrogen (secondary N) is 1. The van der Waals surface area contributed by atoms with Crippen molar-refractivity contribution in [3.8, 4) is 17.2 Å². The zero-order chi connectivity index (χ0) is 20.2. The van der Waals surface area contributed by atoms with Gasteiger partial charge >= 0.3 is 0 Å². The lowest BCUT2D eigenvalue weighted by Crippen LogP contribution is -2.14. The minimum absolute atomic E-state index is 0.0410. The van der Waals surface area contributed by atoms with Gasteiger partial charge in [0.15, 0.2) is 11.5 Å². The Kier molecular flexibility index (Phi) is 5.38. The van der Waals surface area contributed by atoms with Crippen molar-refractivity contribution >= 4 is 17.1 Å². The number of aliphatic imine (C=N–C) groups is 1. The topological polar surface area (TPSA) is 52.1 Å². The van der Waals surface area contributed by atoms with E-state index in [2.05, 4.69) is 29.6 Å². The summed E-state index contributed by atoms with van der Waals surface area (Å²) in [5.74, 6) is 2.26. The Bertz CT molecular complexity index is 1030. The maximum absolute atomic E-state index is 5.51. The third-order valence-corrected chi connectivity index (χ3v) is 5.12. The Morgan fingerprint density at radius 1 is 0.828 bits per heavy atom. The number of benzene rings is 3. The lowest BCUT2D eigenvalue weighted by atomic mass is 9.97. The molecular formula is C24H24N2O3. The summed E-state index contributed by atoms with van der Waals surface area (Å²) in [5.41, 5.74) is 5.15. The van der Waals surface area contributed by atoms with E-state index in [-0.39, 0.29) is 6.04 Å². The molecule has 3 aromatic rings. The number of anilines is 1. The Balaban J connectivity index is 1.76. The third kappa shape index (κ3) is 3.90. The predicted octanol–water partition coefficient (Wildman–Crippen LogP) is 5.39. The van der Waals surface area contributed by atoms with Gasteiger partial charge in [0.1, 0.15) is 5.75 Å². The van der Waals surface area contributed by atoms with Crippen LogP contribution < -0.4 is 19.5 Å². The van der Waals surface area contributed by atoms with E-state index in [4.69, 9.17) is 19.2 Å². The van der Waals surface area contributed by atoms with Gasteiger partial charge in [0.25, 0.3) is 0 Å². The van der Waals surface area contributed by atoms with Gasteiger partial charge in [0.2, 0.25) is 0 Å². The van der Waals surface area contributed by atoms with Gasteiger partial charge in [-0.25, -0.2) is 0 Å². The summed E-state index contributed by atoms with van der Waals surface area (Å²) in [6.07, 6.45) is 0.733. The van der Waals surface area contributed by atoms with Gasteiger partial charge in [-0.05, 0) is 59.7 Å². The van der Waals surface area contributed by atoms with Crippen molar-refractivity contribution < 1.29 is 14.2 Å². The highest BCUT2D eigenvalue weighted by Gasteiger charge is 2.22. The van der Waals surface area contributed by atoms with E-state index in [9.17, 15) is 0 Å². The minimum atomic E-state index is 0.0410. The fourth-order valence-electron chi connectivity index (χ4n) is 3.55. The fourth-order valence-corrected chi connectivity index (χ4v) is 3.55. The first kappa shape index (κ1) is 18.9. The molecular weight excluding hydrogens is 364 g/mol. The van der Waals surface area contributed by atoms with Crippen LogP contribution in [0, 0.1) is 0 Å². The zero-order valence-corrected chi connectivity index (χ0v) is 16.8. The van der Waals surface area contributed by atoms with Crippen molar-refractivity contribution in [1.82, 2.24) is 0 Å². The molecule has 0 aromatic heterocycles. The maximum atomic E-state index is 5.51. The standard InChI is InChI=1S/C24H24N2O3/c1-27-18-11-8-16(9-12-18)21-15-22(26-20-7-5-4-6-19(20)25-21)17-10-13-23(28-2)24(14-17)29-3/h4-14,22,26H,15H2,1-3H3. The number of rotatable bonds is 5. The second-order valence-electron chi connectivity index (χ2n) is 6.82. The van der Waals surface area contributed by atoms with E-state index in [1.165, 1.54) is 0 Å². The molecule has 1 N–H and O–H groups in total. The number of hydrogen-bond donors (Lipinski definition) is 1. The molecule has 1 heterocycles. The number of ether oxygens (including phenoxy) is 3. The van der Waals surface area contributed by atoms with E-state index in [1.807, 2.05) is 42.5 Å². The number of hydrogen-bond acceptors (Lipinski definition) is 5. The smallest absolute Gasteiger partial charge is 0.161 e. The summed E-state index contributed by atoms with van der Waals surface area (Å²) in [5, 5.41) is 3.65. The van der Waals surface area contributed by atoms with Crippen molar-refractivity contribution in [3.05, 3.63) is 77.9 Å². The van der Waals surface area contributed by atoms with Crippen LogP contribution >= 0.6 is 0 Å². The van der Waals surface area contributed by atoms with Crippen molar-refractivity contribution in [1.29, 1.82) is 0 Å². The van der Waals surface area contributed by atoms with Crippen LogP contribution in [0.3, 0.4) is 0 Å². The molecule has 29 heavy (non-hydrogen) atoms. The summed E-state index contributed by atoms with van der Waals surface area (Å²) in [4.78, 5) is 4.97. The molecule has 0 saturated carbocycles. The molecule has 5 heteroatoms. The number of methoxy groups -OCH3 is 3. The van der Waals surface area contributed by atoms with Crippen LogP contribution in [-0.2, 0) is 0 Å². The Labute approximate surface area is 171 Å². The largest absolute Gasteiger partial charge is 0.497 e. The van der Waals surface area contributed by atoms with Crippen molar-refractivity contribution in [2.45, 2.75) is 12.5 Å². The van der Waals surface area contributed by atoms with Crippen molar-refractivity contribution in [2.24, 2.45) is 4.99 Å². The van der Waals surface area contributed by atoms with Gasteiger partial charge in [-0.3, -0.25) is 4.99 Å². The Hall–Kier alpha value is -3.47. The van der Waals surface area contributed by atoms with Gasteiger partial charge < -0.3 is 19.5 Å². The highest BCUT2D eigenvalue weighted by atomic mass is 16.5. The van der Waals surface area contributed by atoms with Crippen LogP contribution in [0.1, 0.15) is 23.6 Å². The van der Waals surface area contributed by atoms with Crippen molar-refractivity contribution in [3.63, 3.8) is 0 Å². The van der Waals surface area contributed by atoms with E-state index >= 15 is 0 Å². The third-order valence-electron chi connectivity index (χ3n) is 5.12. The molecule has 0 bridgehead atoms. The summed E-state index contributed by atoms with van der Waals surface area (Å²) in [6.45, 7) is 0. The monoisotopic (exact) mass is 388 g/mol. The van der Waals surface area contributed by atoms with Crippen LogP contribution in [0.4, 0.5) is 11.4 Å². The van der Waals surface area contributed by atoms with Crippen LogP contribution in [0.15, 0.2) is 71.7 Å². The van der Waals surface area contributed by atoms with Gasteiger partial charge in [0, 0.05) is 6.42 Å². The lowest BCUT2D eigenvalue weighted by molar-refractivity contribution is 0.354. The first-order valence-electron chi connectivity index (χ1n) is 9.51. The summed E-state index contributed by atoms with van der Waals surface area (Å²) in [7, 11) is 4.97. The SMILES string of the molecule is COc1ccc(C2=Nc3ccccc3NC(c3ccc(OC)c(OC)c3)C2)cc1. The molecule has 1 unspecified atom stereocenters. The Morgan fingerprint density at radius 2 is 1.59 bits per heavy atom. The van der Waals surface area contributed by atoms with E-state index in [0.717, 1.165) is 40.4 Å². The predicted molar refractivity (Wildman–Crippen MR) is 116 cm³/mol. The average Bonchev–Trinajstić information content (AvgIpc) is 2.98. The van der Waals surface area contributed by atoms with E-state index < -0.39 is 0 Å². The molecule has 4 rings (SSSR count). The maximum Gasteiger partial charge on any atom is 0.161 e. The van der Waals surface area contributed by atoms with E-state index in [0.29, 0.717) is 11.5 Å². The van der Waals surface area contributed by atoms with Crippen LogP contribution in [0.5, 0.6) is 17.2 Å². The van der Waals surface area contributed by atoms with Crippen molar-refractivity contribution in [2.75, 3.05) is 26.6 Å². The van der Waals surface area contributed by atoms with Gasteiger partial charge in [0.05, 0.1) is 44.5 Å². The molecule has 148 valence electrons. The highest BCUT2D eigenvalue weighted by molar-refractivity contribution is 6.04. The molecule has 1 aliphatic rings. The second-order valence-corrected chi connectivity index (χ2v) is 6.82. The zero-order valence-electron chi connectivity index (χ0n) is 16.8. The summed E-state index contributed by atoms with van der Waals surface area (Å²) < 4.78 is 16.2. The molecule has 0 saturated heterocycles. The minimum Gasteiger partial charge on any atom is -0.497 e. The molecule has 3 aromatic carbocycles. The van der Waals surface area contributed by atoms with E-state index in [1.54, 1.807) is 21.3 Å². The molecule has 1 atom stereocenters. The van der Waals surface area contributed by atoms with Crippen LogP contribution in [0.2, 0.25) is 0 Å². The summed E-state index contributed by atoms with van der Waals surface area (Å²) in [6, 6.07) is 22.2. The molecule has 0 aliphatic carbocycles. The number of nitrogens with zero attached hydrogens (tertiary/aromatic N) is 1. The molecule has 5 nitrogen and oxygen atoms in total. The molecule has 0 amide bonds. The second kappa shape index (κ2) is 8.27. The first-order chi connectivity index (χ1) is 14.2. The fraction of sp³-hybridized carbons (Fsp3) is 0.208. The van der Waals surface area contributed by atoms with Crippen LogP contribution in [-0.4, -0.2) is 27.0 Å². The van der Waals surface area contributed by atoms with Gasteiger partial charge in [-0.15, -0.1) is 0 Å². The first-order valence-corrected chi connectivity index (χ1v) is 9.51. The molecule has 0 radical (unpaired) electrons. The molecule has 0 spiro atoms. The van der Waals surface area contributed by atoms with Gasteiger partial charge in [-0.2, -0.15) is 0 Å². The molecule has 1 aliphatic heterocycles.